The number of benzene rings is 1. The summed E-state index contributed by atoms with van der Waals surface area (Å²) in [6.45, 7) is 6.76. The van der Waals surface area contributed by atoms with Gasteiger partial charge in [0, 0.05) is 5.69 Å². The predicted molar refractivity (Wildman–Crippen MR) is 129 cm³/mol. The second-order valence-electron chi connectivity index (χ2n) is 8.85. The lowest BCUT2D eigenvalue weighted by Crippen LogP contribution is -2.25. The third-order valence-corrected chi connectivity index (χ3v) is 6.31. The summed E-state index contributed by atoms with van der Waals surface area (Å²) >= 11 is 0. The summed E-state index contributed by atoms with van der Waals surface area (Å²) in [5.41, 5.74) is 2.25. The van der Waals surface area contributed by atoms with Gasteiger partial charge in [-0.3, -0.25) is 9.78 Å². The third kappa shape index (κ3) is 7.81. The molecule has 0 unspecified atom stereocenters. The van der Waals surface area contributed by atoms with Crippen molar-refractivity contribution in [3.63, 3.8) is 0 Å². The van der Waals surface area contributed by atoms with Crippen molar-refractivity contribution in [3.8, 4) is 11.5 Å². The van der Waals surface area contributed by atoms with Crippen LogP contribution in [0.25, 0.3) is 0 Å². The van der Waals surface area contributed by atoms with E-state index in [1.165, 1.54) is 18.4 Å². The van der Waals surface area contributed by atoms with Crippen molar-refractivity contribution < 1.29 is 14.3 Å². The summed E-state index contributed by atoms with van der Waals surface area (Å²) < 4.78 is 11.4. The lowest BCUT2D eigenvalue weighted by atomic mass is 9.80. The van der Waals surface area contributed by atoms with Crippen molar-refractivity contribution in [2.75, 3.05) is 6.61 Å². The van der Waals surface area contributed by atoms with Gasteiger partial charge >= 0.3 is 5.97 Å². The molecule has 1 aromatic heterocycles. The van der Waals surface area contributed by atoms with E-state index >= 15 is 0 Å². The van der Waals surface area contributed by atoms with Gasteiger partial charge in [0.2, 0.25) is 0 Å². The standard InChI is InChI=1S/C28H37NO3/c1-3-5-6-20-31-27-19-16-25(29-21-27)15-10-23-11-17-26(18-12-23)32-28(30)24-13-8-22(7-4-2)9-14-24/h4,11-12,16-19,21-22,24H,2-3,5-10,13-15,20H2,1H3. The van der Waals surface area contributed by atoms with Gasteiger partial charge in [-0.05, 0) is 87.1 Å². The van der Waals surface area contributed by atoms with Crippen LogP contribution in [0.2, 0.25) is 0 Å². The Morgan fingerprint density at radius 1 is 1.03 bits per heavy atom. The maximum Gasteiger partial charge on any atom is 0.314 e. The average molecular weight is 436 g/mol. The first kappa shape index (κ1) is 24.0. The van der Waals surface area contributed by atoms with E-state index in [1.807, 2.05) is 48.7 Å². The molecule has 0 saturated heterocycles. The van der Waals surface area contributed by atoms with E-state index in [9.17, 15) is 4.79 Å². The largest absolute Gasteiger partial charge is 0.492 e. The van der Waals surface area contributed by atoms with Crippen molar-refractivity contribution in [2.45, 2.75) is 71.1 Å². The molecule has 0 bridgehead atoms. The Kier molecular flexibility index (Phi) is 9.80. The van der Waals surface area contributed by atoms with E-state index in [1.54, 1.807) is 0 Å². The summed E-state index contributed by atoms with van der Waals surface area (Å²) in [7, 11) is 0. The highest BCUT2D eigenvalue weighted by molar-refractivity contribution is 5.75. The second kappa shape index (κ2) is 13.0. The van der Waals surface area contributed by atoms with Crippen molar-refractivity contribution in [2.24, 2.45) is 11.8 Å². The molecule has 0 spiro atoms. The maximum atomic E-state index is 12.5. The quantitative estimate of drug-likeness (QED) is 0.161. The van der Waals surface area contributed by atoms with Gasteiger partial charge < -0.3 is 9.47 Å². The summed E-state index contributed by atoms with van der Waals surface area (Å²) in [6.07, 6.45) is 14.1. The zero-order chi connectivity index (χ0) is 22.6. The third-order valence-electron chi connectivity index (χ3n) is 6.31. The zero-order valence-electron chi connectivity index (χ0n) is 19.4. The molecule has 3 rings (SSSR count). The molecule has 0 atom stereocenters. The highest BCUT2D eigenvalue weighted by Gasteiger charge is 2.27. The normalized spacial score (nSPS) is 18.2. The van der Waals surface area contributed by atoms with Gasteiger partial charge in [0.1, 0.15) is 11.5 Å². The maximum absolute atomic E-state index is 12.5. The van der Waals surface area contributed by atoms with Crippen LogP contribution in [0.1, 0.15) is 69.5 Å². The Hall–Kier alpha value is -2.62. The van der Waals surface area contributed by atoms with Gasteiger partial charge in [0.05, 0.1) is 18.7 Å². The molecule has 4 nitrogen and oxygen atoms in total. The smallest absolute Gasteiger partial charge is 0.314 e. The molecule has 2 aromatic rings. The fourth-order valence-corrected chi connectivity index (χ4v) is 4.25. The molecule has 1 heterocycles. The molecule has 1 saturated carbocycles. The van der Waals surface area contributed by atoms with Gasteiger partial charge in [-0.2, -0.15) is 0 Å². The SMILES string of the molecule is C=CCC1CCC(C(=O)Oc2ccc(CCc3ccc(OCCCCC)cn3)cc2)CC1. The zero-order valence-corrected chi connectivity index (χ0v) is 19.4. The molecule has 1 fully saturated rings. The number of hydrogen-bond acceptors (Lipinski definition) is 4. The van der Waals surface area contributed by atoms with Gasteiger partial charge in [-0.1, -0.05) is 38.0 Å². The number of rotatable bonds is 12. The van der Waals surface area contributed by atoms with Crippen LogP contribution in [0.4, 0.5) is 0 Å². The number of aromatic nitrogens is 1. The molecule has 0 radical (unpaired) electrons. The first-order valence-corrected chi connectivity index (χ1v) is 12.2. The fraction of sp³-hybridized carbons (Fsp3) is 0.500. The monoisotopic (exact) mass is 435 g/mol. The lowest BCUT2D eigenvalue weighted by molar-refractivity contribution is -0.140. The van der Waals surface area contributed by atoms with E-state index < -0.39 is 0 Å². The fourth-order valence-electron chi connectivity index (χ4n) is 4.25. The topological polar surface area (TPSA) is 48.4 Å². The number of aryl methyl sites for hydroxylation is 2. The van der Waals surface area contributed by atoms with Crippen LogP contribution in [0.3, 0.4) is 0 Å². The molecule has 4 heteroatoms. The van der Waals surface area contributed by atoms with Crippen LogP contribution in [-0.4, -0.2) is 17.6 Å². The number of carbonyl (C=O) groups is 1. The summed E-state index contributed by atoms with van der Waals surface area (Å²) in [6, 6.07) is 11.9. The predicted octanol–water partition coefficient (Wildman–Crippen LogP) is 6.72. The van der Waals surface area contributed by atoms with Gasteiger partial charge in [-0.15, -0.1) is 6.58 Å². The van der Waals surface area contributed by atoms with Crippen LogP contribution in [0, 0.1) is 11.8 Å². The van der Waals surface area contributed by atoms with Crippen LogP contribution in [-0.2, 0) is 17.6 Å². The van der Waals surface area contributed by atoms with Crippen LogP contribution in [0.15, 0.2) is 55.3 Å². The minimum Gasteiger partial charge on any atom is -0.492 e. The van der Waals surface area contributed by atoms with Crippen LogP contribution in [0.5, 0.6) is 11.5 Å². The highest BCUT2D eigenvalue weighted by Crippen LogP contribution is 2.32. The number of allylic oxidation sites excluding steroid dienone is 1. The minimum atomic E-state index is -0.0870. The number of unbranched alkanes of at least 4 members (excludes halogenated alkanes) is 2. The first-order chi connectivity index (χ1) is 15.7. The first-order valence-electron chi connectivity index (χ1n) is 12.2. The molecule has 0 amide bonds. The molecule has 172 valence electrons. The molecular formula is C28H37NO3. The molecule has 1 aliphatic carbocycles. The van der Waals surface area contributed by atoms with E-state index in [0.29, 0.717) is 11.7 Å². The van der Waals surface area contributed by atoms with Crippen molar-refractivity contribution in [3.05, 3.63) is 66.5 Å². The van der Waals surface area contributed by atoms with E-state index in [-0.39, 0.29) is 11.9 Å². The Labute approximate surface area is 193 Å². The molecule has 1 aromatic carbocycles. The number of pyridine rings is 1. The van der Waals surface area contributed by atoms with Gasteiger partial charge in [0.15, 0.2) is 0 Å². The second-order valence-corrected chi connectivity index (χ2v) is 8.85. The Morgan fingerprint density at radius 2 is 1.78 bits per heavy atom. The summed E-state index contributed by atoms with van der Waals surface area (Å²) in [5, 5.41) is 0. The van der Waals surface area contributed by atoms with Crippen LogP contribution < -0.4 is 9.47 Å². The number of hydrogen-bond donors (Lipinski definition) is 0. The van der Waals surface area contributed by atoms with E-state index in [2.05, 4.69) is 18.5 Å². The van der Waals surface area contributed by atoms with Crippen molar-refractivity contribution in [1.29, 1.82) is 0 Å². The Balaban J connectivity index is 1.40. The van der Waals surface area contributed by atoms with Gasteiger partial charge in [-0.25, -0.2) is 0 Å². The molecule has 0 aliphatic heterocycles. The van der Waals surface area contributed by atoms with Crippen LogP contribution >= 0.6 is 0 Å². The van der Waals surface area contributed by atoms with Gasteiger partial charge in [0.25, 0.3) is 0 Å². The number of esters is 1. The number of ether oxygens (including phenoxy) is 2. The number of nitrogens with zero attached hydrogens (tertiary/aromatic N) is 1. The molecule has 1 aliphatic rings. The van der Waals surface area contributed by atoms with Crippen molar-refractivity contribution >= 4 is 5.97 Å². The average Bonchev–Trinajstić information content (AvgIpc) is 2.83. The molecule has 32 heavy (non-hydrogen) atoms. The lowest BCUT2D eigenvalue weighted by Gasteiger charge is -2.26. The van der Waals surface area contributed by atoms with E-state index in [0.717, 1.165) is 69.4 Å². The summed E-state index contributed by atoms with van der Waals surface area (Å²) in [4.78, 5) is 17.0. The molecule has 0 N–H and O–H groups in total. The minimum absolute atomic E-state index is 0.0282. The highest BCUT2D eigenvalue weighted by atomic mass is 16.5. The summed E-state index contributed by atoms with van der Waals surface area (Å²) in [5.74, 6) is 2.09. The molecular weight excluding hydrogens is 398 g/mol. The van der Waals surface area contributed by atoms with Crippen molar-refractivity contribution in [1.82, 2.24) is 4.98 Å². The Morgan fingerprint density at radius 3 is 2.44 bits per heavy atom. The Bertz CT molecular complexity index is 821. The van der Waals surface area contributed by atoms with E-state index in [4.69, 9.17) is 9.47 Å². The number of carbonyl (C=O) groups excluding carboxylic acids is 1.